The Hall–Kier alpha value is -2.93. The largest absolute Gasteiger partial charge is 0.382 e. The number of nitrogens with zero attached hydrogens (tertiary/aromatic N) is 5. The minimum absolute atomic E-state index is 0.321. The van der Waals surface area contributed by atoms with Crippen LogP contribution in [0.25, 0.3) is 28.1 Å². The molecule has 0 aliphatic heterocycles. The minimum atomic E-state index is 0.321. The first-order valence-corrected chi connectivity index (χ1v) is 6.86. The topological polar surface area (TPSA) is 98.3 Å². The van der Waals surface area contributed by atoms with Crippen LogP contribution in [0.1, 0.15) is 0 Å². The Bertz CT molecular complexity index is 959. The number of benzene rings is 1. The van der Waals surface area contributed by atoms with E-state index in [0.29, 0.717) is 22.4 Å². The third-order valence-corrected chi connectivity index (χ3v) is 3.55. The lowest BCUT2D eigenvalue weighted by Gasteiger charge is -2.09. The summed E-state index contributed by atoms with van der Waals surface area (Å²) in [5, 5.41) is 4.76. The second kappa shape index (κ2) is 4.81. The third-order valence-electron chi connectivity index (χ3n) is 3.25. The molecule has 8 heteroatoms. The zero-order valence-electron chi connectivity index (χ0n) is 11.2. The molecule has 0 aliphatic rings. The first-order valence-electron chi connectivity index (χ1n) is 6.48. The van der Waals surface area contributed by atoms with E-state index in [4.69, 9.17) is 17.3 Å². The molecule has 108 valence electrons. The normalized spacial score (nSPS) is 11.1. The Morgan fingerprint density at radius 3 is 2.95 bits per heavy atom. The van der Waals surface area contributed by atoms with Gasteiger partial charge in [0.1, 0.15) is 11.5 Å². The number of aromatic nitrogens is 6. The van der Waals surface area contributed by atoms with Gasteiger partial charge in [0, 0.05) is 18.0 Å². The molecule has 0 bridgehead atoms. The molecule has 3 aromatic heterocycles. The van der Waals surface area contributed by atoms with E-state index in [-0.39, 0.29) is 0 Å². The number of nitrogens with two attached hydrogens (primary N) is 1. The highest BCUT2D eigenvalue weighted by Crippen LogP contribution is 2.30. The van der Waals surface area contributed by atoms with E-state index < -0.39 is 0 Å². The van der Waals surface area contributed by atoms with Crippen LogP contribution in [0.5, 0.6) is 0 Å². The lowest BCUT2D eigenvalue weighted by Crippen LogP contribution is -2.05. The molecule has 0 spiro atoms. The maximum Gasteiger partial charge on any atom is 0.182 e. The van der Waals surface area contributed by atoms with Crippen LogP contribution in [0, 0.1) is 0 Å². The molecule has 4 rings (SSSR count). The number of aromatic amines is 1. The Kier molecular flexibility index (Phi) is 2.80. The standard InChI is InChI=1S/C14H10ClN7/c15-9-4-8(5-10-13(9)19-7-18-10)12-14(21-11(16)6-17-12)22-3-1-2-20-22/h1-7H,(H2,16,21)(H,18,19). The molecule has 0 unspecified atom stereocenters. The van der Waals surface area contributed by atoms with Crippen molar-refractivity contribution in [1.29, 1.82) is 0 Å². The van der Waals surface area contributed by atoms with Crippen LogP contribution in [0.2, 0.25) is 5.02 Å². The van der Waals surface area contributed by atoms with E-state index in [2.05, 4.69) is 25.0 Å². The van der Waals surface area contributed by atoms with Crippen molar-refractivity contribution in [2.45, 2.75) is 0 Å². The van der Waals surface area contributed by atoms with Gasteiger partial charge >= 0.3 is 0 Å². The molecule has 0 saturated carbocycles. The quantitative estimate of drug-likeness (QED) is 0.592. The molecular weight excluding hydrogens is 302 g/mol. The highest BCUT2D eigenvalue weighted by atomic mass is 35.5. The molecule has 22 heavy (non-hydrogen) atoms. The van der Waals surface area contributed by atoms with Crippen LogP contribution in [0.4, 0.5) is 5.82 Å². The summed E-state index contributed by atoms with van der Waals surface area (Å²) in [6, 6.07) is 5.51. The first-order chi connectivity index (χ1) is 10.7. The Morgan fingerprint density at radius 1 is 1.23 bits per heavy atom. The Morgan fingerprint density at radius 2 is 2.14 bits per heavy atom. The number of nitrogens with one attached hydrogen (secondary N) is 1. The molecule has 4 aromatic rings. The van der Waals surface area contributed by atoms with Gasteiger partial charge in [-0.3, -0.25) is 0 Å². The summed E-state index contributed by atoms with van der Waals surface area (Å²) in [5.41, 5.74) is 8.72. The number of imidazole rings is 1. The molecule has 7 nitrogen and oxygen atoms in total. The van der Waals surface area contributed by atoms with E-state index in [0.717, 1.165) is 16.6 Å². The van der Waals surface area contributed by atoms with Gasteiger partial charge in [-0.15, -0.1) is 0 Å². The van der Waals surface area contributed by atoms with Gasteiger partial charge in [0.05, 0.1) is 28.6 Å². The Labute approximate surface area is 129 Å². The highest BCUT2D eigenvalue weighted by molar-refractivity contribution is 6.35. The van der Waals surface area contributed by atoms with Crippen LogP contribution in [-0.4, -0.2) is 29.7 Å². The number of hydrogen-bond donors (Lipinski definition) is 2. The van der Waals surface area contributed by atoms with Crippen molar-refractivity contribution in [1.82, 2.24) is 29.7 Å². The predicted molar refractivity (Wildman–Crippen MR) is 83.7 cm³/mol. The van der Waals surface area contributed by atoms with Gasteiger partial charge in [0.25, 0.3) is 0 Å². The summed E-state index contributed by atoms with van der Waals surface area (Å²) < 4.78 is 1.61. The number of fused-ring (bicyclic) bond motifs is 1. The fraction of sp³-hybridized carbons (Fsp3) is 0. The second-order valence-corrected chi connectivity index (χ2v) is 5.08. The van der Waals surface area contributed by atoms with Crippen molar-refractivity contribution in [3.63, 3.8) is 0 Å². The van der Waals surface area contributed by atoms with E-state index >= 15 is 0 Å². The fourth-order valence-electron chi connectivity index (χ4n) is 2.29. The number of hydrogen-bond acceptors (Lipinski definition) is 5. The summed E-state index contributed by atoms with van der Waals surface area (Å²) in [7, 11) is 0. The summed E-state index contributed by atoms with van der Waals surface area (Å²) in [6.45, 7) is 0. The van der Waals surface area contributed by atoms with E-state index in [9.17, 15) is 0 Å². The highest BCUT2D eigenvalue weighted by Gasteiger charge is 2.14. The lowest BCUT2D eigenvalue weighted by molar-refractivity contribution is 0.843. The van der Waals surface area contributed by atoms with Gasteiger partial charge in [-0.2, -0.15) is 5.10 Å². The summed E-state index contributed by atoms with van der Waals surface area (Å²) in [6.07, 6.45) is 6.55. The van der Waals surface area contributed by atoms with E-state index in [1.807, 2.05) is 12.1 Å². The average molecular weight is 312 g/mol. The van der Waals surface area contributed by atoms with Crippen molar-refractivity contribution in [3.05, 3.63) is 48.1 Å². The van der Waals surface area contributed by atoms with Crippen molar-refractivity contribution < 1.29 is 0 Å². The fourth-order valence-corrected chi connectivity index (χ4v) is 2.56. The van der Waals surface area contributed by atoms with Gasteiger partial charge < -0.3 is 10.7 Å². The predicted octanol–water partition coefficient (Wildman–Crippen LogP) is 2.44. The van der Waals surface area contributed by atoms with Crippen molar-refractivity contribution in [3.8, 4) is 17.1 Å². The van der Waals surface area contributed by atoms with Crippen LogP contribution in [-0.2, 0) is 0 Å². The average Bonchev–Trinajstić information content (AvgIpc) is 3.18. The van der Waals surface area contributed by atoms with Crippen molar-refractivity contribution in [2.75, 3.05) is 5.73 Å². The van der Waals surface area contributed by atoms with Gasteiger partial charge in [-0.25, -0.2) is 19.6 Å². The first kappa shape index (κ1) is 12.8. The number of halogens is 1. The smallest absolute Gasteiger partial charge is 0.182 e. The molecule has 1 aromatic carbocycles. The number of H-pyrrole nitrogens is 1. The second-order valence-electron chi connectivity index (χ2n) is 4.67. The van der Waals surface area contributed by atoms with Crippen LogP contribution < -0.4 is 5.73 Å². The van der Waals surface area contributed by atoms with Gasteiger partial charge in [-0.1, -0.05) is 11.6 Å². The summed E-state index contributed by atoms with van der Waals surface area (Å²) in [5.74, 6) is 0.858. The molecule has 0 radical (unpaired) electrons. The number of anilines is 1. The molecular formula is C14H10ClN7. The molecule has 0 atom stereocenters. The van der Waals surface area contributed by atoms with E-state index in [1.54, 1.807) is 29.5 Å². The zero-order chi connectivity index (χ0) is 15.1. The van der Waals surface area contributed by atoms with Crippen molar-refractivity contribution in [2.24, 2.45) is 0 Å². The maximum absolute atomic E-state index is 6.30. The molecule has 3 N–H and O–H groups in total. The number of rotatable bonds is 2. The van der Waals surface area contributed by atoms with Crippen LogP contribution >= 0.6 is 11.6 Å². The molecule has 3 heterocycles. The number of nitrogen functional groups attached to an aromatic ring is 1. The Balaban J connectivity index is 1.98. The molecule has 0 amide bonds. The molecule has 0 aliphatic carbocycles. The van der Waals surface area contributed by atoms with Gasteiger partial charge in [0.2, 0.25) is 0 Å². The lowest BCUT2D eigenvalue weighted by atomic mass is 10.1. The van der Waals surface area contributed by atoms with Gasteiger partial charge in [0.15, 0.2) is 5.82 Å². The molecule has 0 saturated heterocycles. The SMILES string of the molecule is Nc1cnc(-c2cc(Cl)c3[nH]cnc3c2)c(-n2cccn2)n1. The van der Waals surface area contributed by atoms with Crippen LogP contribution in [0.3, 0.4) is 0 Å². The maximum atomic E-state index is 6.30. The summed E-state index contributed by atoms with van der Waals surface area (Å²) >= 11 is 6.30. The van der Waals surface area contributed by atoms with E-state index in [1.165, 1.54) is 6.20 Å². The zero-order valence-corrected chi connectivity index (χ0v) is 12.0. The van der Waals surface area contributed by atoms with Crippen molar-refractivity contribution >= 4 is 28.5 Å². The molecule has 0 fully saturated rings. The summed E-state index contributed by atoms with van der Waals surface area (Å²) in [4.78, 5) is 16.0. The third kappa shape index (κ3) is 1.99. The van der Waals surface area contributed by atoms with Gasteiger partial charge in [-0.05, 0) is 18.2 Å². The minimum Gasteiger partial charge on any atom is -0.382 e. The monoisotopic (exact) mass is 311 g/mol. The van der Waals surface area contributed by atoms with Crippen LogP contribution in [0.15, 0.2) is 43.1 Å².